The van der Waals surface area contributed by atoms with Gasteiger partial charge in [-0.1, -0.05) is 26.8 Å². The smallest absolute Gasteiger partial charge is 0.207 e. The van der Waals surface area contributed by atoms with Crippen molar-refractivity contribution in [2.24, 2.45) is 5.41 Å². The molecule has 1 aromatic rings. The second-order valence-corrected chi connectivity index (χ2v) is 4.64. The van der Waals surface area contributed by atoms with Gasteiger partial charge in [0.15, 0.2) is 11.9 Å². The summed E-state index contributed by atoms with van der Waals surface area (Å²) < 4.78 is 1.98. The summed E-state index contributed by atoms with van der Waals surface area (Å²) >= 11 is 0. The standard InChI is InChI=1S/C12H18NO.BrH/c1-10-7-5-6-8-13(10)9-11(14)12(2,3)4;/h5-8H,9H2,1-4H3;1H/q+1;/p-1. The van der Waals surface area contributed by atoms with E-state index in [-0.39, 0.29) is 28.2 Å². The Morgan fingerprint density at radius 3 is 2.40 bits per heavy atom. The third-order valence-electron chi connectivity index (χ3n) is 2.32. The van der Waals surface area contributed by atoms with E-state index in [0.29, 0.717) is 6.54 Å². The lowest BCUT2D eigenvalue weighted by Crippen LogP contribution is -3.00. The van der Waals surface area contributed by atoms with Crippen LogP contribution in [0.4, 0.5) is 0 Å². The highest BCUT2D eigenvalue weighted by Crippen LogP contribution is 2.14. The van der Waals surface area contributed by atoms with E-state index >= 15 is 0 Å². The van der Waals surface area contributed by atoms with E-state index in [0.717, 1.165) is 5.69 Å². The Balaban J connectivity index is 0.00000196. The molecule has 0 aliphatic carbocycles. The number of nitrogens with zero attached hydrogens (tertiary/aromatic N) is 1. The fraction of sp³-hybridized carbons (Fsp3) is 0.500. The van der Waals surface area contributed by atoms with Crippen LogP contribution in [0.5, 0.6) is 0 Å². The summed E-state index contributed by atoms with van der Waals surface area (Å²) in [7, 11) is 0. The molecule has 0 amide bonds. The van der Waals surface area contributed by atoms with Crippen LogP contribution in [-0.4, -0.2) is 5.78 Å². The summed E-state index contributed by atoms with van der Waals surface area (Å²) in [6.07, 6.45) is 1.94. The molecule has 0 unspecified atom stereocenters. The summed E-state index contributed by atoms with van der Waals surface area (Å²) in [6.45, 7) is 8.34. The molecule has 0 N–H and O–H groups in total. The Kier molecular flexibility index (Phi) is 5.15. The molecular weight excluding hydrogens is 254 g/mol. The molecule has 0 radical (unpaired) electrons. The molecule has 15 heavy (non-hydrogen) atoms. The van der Waals surface area contributed by atoms with E-state index in [9.17, 15) is 4.79 Å². The molecule has 1 heterocycles. The van der Waals surface area contributed by atoms with Gasteiger partial charge in [0, 0.05) is 24.5 Å². The van der Waals surface area contributed by atoms with Gasteiger partial charge in [-0.05, 0) is 0 Å². The molecule has 1 rings (SSSR count). The highest BCUT2D eigenvalue weighted by atomic mass is 79.9. The maximum atomic E-state index is 11.8. The second-order valence-electron chi connectivity index (χ2n) is 4.64. The third kappa shape index (κ3) is 4.12. The van der Waals surface area contributed by atoms with Crippen molar-refractivity contribution < 1.29 is 26.3 Å². The summed E-state index contributed by atoms with van der Waals surface area (Å²) in [5, 5.41) is 0. The first-order valence-electron chi connectivity index (χ1n) is 4.89. The molecule has 0 aliphatic heterocycles. The summed E-state index contributed by atoms with van der Waals surface area (Å²) in [5.41, 5.74) is 0.861. The highest BCUT2D eigenvalue weighted by molar-refractivity contribution is 5.82. The number of ketones is 1. The van der Waals surface area contributed by atoms with E-state index in [2.05, 4.69) is 0 Å². The van der Waals surface area contributed by atoms with Gasteiger partial charge in [-0.15, -0.1) is 0 Å². The van der Waals surface area contributed by atoms with E-state index in [1.54, 1.807) is 0 Å². The first-order valence-corrected chi connectivity index (χ1v) is 4.89. The maximum absolute atomic E-state index is 11.8. The van der Waals surface area contributed by atoms with E-state index < -0.39 is 0 Å². The van der Waals surface area contributed by atoms with Crippen LogP contribution in [0.1, 0.15) is 26.5 Å². The molecule has 0 spiro atoms. The molecule has 0 saturated heterocycles. The minimum absolute atomic E-state index is 0. The predicted molar refractivity (Wildman–Crippen MR) is 55.8 cm³/mol. The van der Waals surface area contributed by atoms with Crippen molar-refractivity contribution >= 4 is 5.78 Å². The van der Waals surface area contributed by atoms with Gasteiger partial charge in [-0.3, -0.25) is 4.79 Å². The van der Waals surface area contributed by atoms with Crippen molar-refractivity contribution in [2.45, 2.75) is 34.2 Å². The van der Waals surface area contributed by atoms with Crippen molar-refractivity contribution in [1.29, 1.82) is 0 Å². The van der Waals surface area contributed by atoms with E-state index in [1.807, 2.05) is 56.7 Å². The zero-order chi connectivity index (χ0) is 10.8. The number of Topliss-reactive ketones (excluding diaryl/α,β-unsaturated/α-hetero) is 1. The van der Waals surface area contributed by atoms with Crippen LogP contribution in [0.2, 0.25) is 0 Å². The van der Waals surface area contributed by atoms with Crippen LogP contribution in [0.3, 0.4) is 0 Å². The van der Waals surface area contributed by atoms with Crippen LogP contribution < -0.4 is 21.5 Å². The summed E-state index contributed by atoms with van der Waals surface area (Å²) in [4.78, 5) is 11.8. The lowest BCUT2D eigenvalue weighted by Gasteiger charge is -2.14. The monoisotopic (exact) mass is 271 g/mol. The van der Waals surface area contributed by atoms with Gasteiger partial charge in [0.05, 0.1) is 0 Å². The molecule has 1 aromatic heterocycles. The number of hydrogen-bond donors (Lipinski definition) is 0. The zero-order valence-electron chi connectivity index (χ0n) is 9.75. The van der Waals surface area contributed by atoms with Crippen LogP contribution >= 0.6 is 0 Å². The average molecular weight is 272 g/mol. The predicted octanol–water partition coefficient (Wildman–Crippen LogP) is -1.10. The van der Waals surface area contributed by atoms with Gasteiger partial charge >= 0.3 is 0 Å². The zero-order valence-corrected chi connectivity index (χ0v) is 11.3. The van der Waals surface area contributed by atoms with Gasteiger partial charge in [-0.25, -0.2) is 0 Å². The molecule has 0 saturated carbocycles. The molecule has 0 fully saturated rings. The lowest BCUT2D eigenvalue weighted by molar-refractivity contribution is -0.690. The SMILES string of the molecule is Cc1cccc[n+]1CC(=O)C(C)(C)C.[Br-]. The molecule has 3 heteroatoms. The van der Waals surface area contributed by atoms with Crippen molar-refractivity contribution in [1.82, 2.24) is 0 Å². The Labute approximate surface area is 102 Å². The number of aromatic nitrogens is 1. The molecule has 0 aromatic carbocycles. The number of aryl methyl sites for hydroxylation is 1. The summed E-state index contributed by atoms with van der Waals surface area (Å²) in [5.74, 6) is 0.261. The minimum atomic E-state index is -0.255. The van der Waals surface area contributed by atoms with Crippen LogP contribution in [0, 0.1) is 12.3 Å². The Hall–Kier alpha value is -0.700. The van der Waals surface area contributed by atoms with E-state index in [1.165, 1.54) is 0 Å². The molecular formula is C12H18BrNO. The molecule has 84 valence electrons. The molecule has 2 nitrogen and oxygen atoms in total. The number of carbonyl (C=O) groups excluding carboxylic acids is 1. The average Bonchev–Trinajstić information content (AvgIpc) is 2.07. The van der Waals surface area contributed by atoms with Crippen molar-refractivity contribution in [3.05, 3.63) is 30.1 Å². The van der Waals surface area contributed by atoms with Crippen LogP contribution in [0.25, 0.3) is 0 Å². The topological polar surface area (TPSA) is 20.9 Å². The number of carbonyl (C=O) groups is 1. The van der Waals surface area contributed by atoms with Gasteiger partial charge in [0.2, 0.25) is 12.3 Å². The highest BCUT2D eigenvalue weighted by Gasteiger charge is 2.25. The number of pyridine rings is 1. The van der Waals surface area contributed by atoms with Gasteiger partial charge < -0.3 is 17.0 Å². The van der Waals surface area contributed by atoms with Crippen molar-refractivity contribution in [2.75, 3.05) is 0 Å². The lowest BCUT2D eigenvalue weighted by atomic mass is 9.91. The normalized spacial score (nSPS) is 10.7. The molecule has 0 atom stereocenters. The number of rotatable bonds is 2. The van der Waals surface area contributed by atoms with Gasteiger partial charge in [0.1, 0.15) is 0 Å². The number of hydrogen-bond acceptors (Lipinski definition) is 1. The van der Waals surface area contributed by atoms with Crippen LogP contribution in [-0.2, 0) is 11.3 Å². The Bertz CT molecular complexity index is 342. The number of halogens is 1. The van der Waals surface area contributed by atoms with Crippen LogP contribution in [0.15, 0.2) is 24.4 Å². The third-order valence-corrected chi connectivity index (χ3v) is 2.32. The van der Waals surface area contributed by atoms with E-state index in [4.69, 9.17) is 0 Å². The second kappa shape index (κ2) is 5.40. The van der Waals surface area contributed by atoms with Crippen molar-refractivity contribution in [3.63, 3.8) is 0 Å². The summed E-state index contributed by atoms with van der Waals surface area (Å²) in [6, 6.07) is 5.94. The maximum Gasteiger partial charge on any atom is 0.207 e. The largest absolute Gasteiger partial charge is 1.00 e. The minimum Gasteiger partial charge on any atom is -1.00 e. The Morgan fingerprint density at radius 2 is 1.93 bits per heavy atom. The van der Waals surface area contributed by atoms with Gasteiger partial charge in [0.25, 0.3) is 0 Å². The first-order chi connectivity index (χ1) is 6.41. The van der Waals surface area contributed by atoms with Crippen molar-refractivity contribution in [3.8, 4) is 0 Å². The van der Waals surface area contributed by atoms with Gasteiger partial charge in [-0.2, -0.15) is 4.57 Å². The quantitative estimate of drug-likeness (QED) is 0.626. The molecule has 0 aliphatic rings. The fourth-order valence-corrected chi connectivity index (χ4v) is 1.13. The first kappa shape index (κ1) is 14.3. The Morgan fingerprint density at radius 1 is 1.33 bits per heavy atom. The fourth-order valence-electron chi connectivity index (χ4n) is 1.13. The molecule has 0 bridgehead atoms.